The Balaban J connectivity index is 1.51. The summed E-state index contributed by atoms with van der Waals surface area (Å²) in [5, 5.41) is 4.31. The maximum absolute atomic E-state index is 14.7. The number of rotatable bonds is 5. The minimum absolute atomic E-state index is 0.189. The third-order valence-corrected chi connectivity index (χ3v) is 5.21. The van der Waals surface area contributed by atoms with Crippen molar-refractivity contribution in [2.45, 2.75) is 12.8 Å². The van der Waals surface area contributed by atoms with Crippen molar-refractivity contribution in [1.82, 2.24) is 9.88 Å². The van der Waals surface area contributed by atoms with Crippen molar-refractivity contribution >= 4 is 16.8 Å². The molecule has 1 N–H and O–H groups in total. The van der Waals surface area contributed by atoms with E-state index in [9.17, 15) is 4.39 Å². The van der Waals surface area contributed by atoms with Crippen molar-refractivity contribution in [2.75, 3.05) is 13.1 Å². The van der Waals surface area contributed by atoms with E-state index in [2.05, 4.69) is 27.0 Å². The molecule has 2 aromatic heterocycles. The Morgan fingerprint density at radius 3 is 2.79 bits per heavy atom. The number of hydrogen-bond acceptors (Lipinski definition) is 3. The second kappa shape index (κ2) is 7.00. The number of aliphatic imine (C=N–C) groups is 1. The molecule has 3 heterocycles. The van der Waals surface area contributed by atoms with Crippen LogP contribution in [0.15, 0.2) is 76.6 Å². The molecule has 1 aliphatic rings. The Labute approximate surface area is 162 Å². The molecule has 0 saturated carbocycles. The van der Waals surface area contributed by atoms with Crippen LogP contribution in [0.5, 0.6) is 0 Å². The van der Waals surface area contributed by atoms with E-state index in [1.807, 2.05) is 36.7 Å². The Morgan fingerprint density at radius 1 is 1.07 bits per heavy atom. The van der Waals surface area contributed by atoms with E-state index in [1.165, 1.54) is 6.07 Å². The van der Waals surface area contributed by atoms with Gasteiger partial charge in [-0.3, -0.25) is 4.99 Å². The van der Waals surface area contributed by atoms with E-state index in [4.69, 9.17) is 4.42 Å². The summed E-state index contributed by atoms with van der Waals surface area (Å²) in [6, 6.07) is 15.4. The molecule has 28 heavy (non-hydrogen) atoms. The fourth-order valence-electron chi connectivity index (χ4n) is 3.85. The molecule has 2 aromatic carbocycles. The monoisotopic (exact) mass is 373 g/mol. The van der Waals surface area contributed by atoms with Crippen LogP contribution in [0.25, 0.3) is 16.7 Å². The molecule has 0 radical (unpaired) electrons. The molecule has 140 valence electrons. The number of aromatic nitrogens is 1. The quantitative estimate of drug-likeness (QED) is 0.560. The molecule has 0 saturated heterocycles. The molecule has 4 nitrogen and oxygen atoms in total. The first-order chi connectivity index (χ1) is 13.8. The summed E-state index contributed by atoms with van der Waals surface area (Å²) in [5.74, 6) is 0.602. The third-order valence-electron chi connectivity index (χ3n) is 5.21. The highest BCUT2D eigenvalue weighted by atomic mass is 19.1. The van der Waals surface area contributed by atoms with Gasteiger partial charge in [-0.05, 0) is 60.4 Å². The minimum atomic E-state index is -0.189. The second-order valence-corrected chi connectivity index (χ2v) is 6.96. The lowest BCUT2D eigenvalue weighted by Crippen LogP contribution is -2.21. The smallest absolute Gasteiger partial charge is 0.137 e. The number of benzene rings is 2. The van der Waals surface area contributed by atoms with Gasteiger partial charge in [0, 0.05) is 35.6 Å². The van der Waals surface area contributed by atoms with Crippen LogP contribution in [-0.4, -0.2) is 23.5 Å². The third kappa shape index (κ3) is 2.99. The van der Waals surface area contributed by atoms with Gasteiger partial charge in [0.05, 0.1) is 12.8 Å². The number of amidine groups is 1. The van der Waals surface area contributed by atoms with E-state index in [0.29, 0.717) is 18.4 Å². The van der Waals surface area contributed by atoms with Crippen molar-refractivity contribution in [3.05, 3.63) is 89.7 Å². The number of nitrogens with one attached hydrogen (secondary N) is 1. The van der Waals surface area contributed by atoms with Gasteiger partial charge in [-0.25, -0.2) is 4.39 Å². The Bertz CT molecular complexity index is 1160. The SMILES string of the molecule is Fc1cccc(C2=NCCN2)c1CCc1cc(-n2cccc2)cc2ccoc12. The molecule has 0 spiro atoms. The first-order valence-corrected chi connectivity index (χ1v) is 9.49. The molecule has 5 rings (SSSR count). The fraction of sp³-hybridized carbons (Fsp3) is 0.174. The van der Waals surface area contributed by atoms with Crippen LogP contribution in [0.1, 0.15) is 16.7 Å². The van der Waals surface area contributed by atoms with Crippen molar-refractivity contribution < 1.29 is 8.81 Å². The van der Waals surface area contributed by atoms with Gasteiger partial charge in [-0.1, -0.05) is 12.1 Å². The van der Waals surface area contributed by atoms with E-state index >= 15 is 0 Å². The molecule has 0 fully saturated rings. The van der Waals surface area contributed by atoms with Crippen LogP contribution in [-0.2, 0) is 12.8 Å². The highest BCUT2D eigenvalue weighted by molar-refractivity contribution is 6.01. The van der Waals surface area contributed by atoms with Gasteiger partial charge in [-0.2, -0.15) is 0 Å². The summed E-state index contributed by atoms with van der Waals surface area (Å²) >= 11 is 0. The summed E-state index contributed by atoms with van der Waals surface area (Å²) in [6.45, 7) is 1.54. The molecule has 0 unspecified atom stereocenters. The maximum Gasteiger partial charge on any atom is 0.137 e. The Hall–Kier alpha value is -3.34. The van der Waals surface area contributed by atoms with Gasteiger partial charge in [0.15, 0.2) is 0 Å². The van der Waals surface area contributed by atoms with Crippen molar-refractivity contribution in [3.63, 3.8) is 0 Å². The first kappa shape index (κ1) is 16.8. The van der Waals surface area contributed by atoms with Crippen molar-refractivity contribution in [1.29, 1.82) is 0 Å². The number of fused-ring (bicyclic) bond motifs is 1. The molecular formula is C23H20FN3O. The predicted octanol–water partition coefficient (Wildman–Crippen LogP) is 4.50. The predicted molar refractivity (Wildman–Crippen MR) is 109 cm³/mol. The average Bonchev–Trinajstić information content (AvgIpc) is 3.48. The van der Waals surface area contributed by atoms with Crippen LogP contribution >= 0.6 is 0 Å². The summed E-state index contributed by atoms with van der Waals surface area (Å²) < 4.78 is 22.5. The normalized spacial score (nSPS) is 13.7. The number of furan rings is 1. The van der Waals surface area contributed by atoms with Gasteiger partial charge in [-0.15, -0.1) is 0 Å². The van der Waals surface area contributed by atoms with Crippen LogP contribution in [0, 0.1) is 5.82 Å². The lowest BCUT2D eigenvalue weighted by atomic mass is 9.97. The zero-order chi connectivity index (χ0) is 18.9. The van der Waals surface area contributed by atoms with Crippen LogP contribution < -0.4 is 5.32 Å². The van der Waals surface area contributed by atoms with Gasteiger partial charge in [0.25, 0.3) is 0 Å². The average molecular weight is 373 g/mol. The topological polar surface area (TPSA) is 42.5 Å². The van der Waals surface area contributed by atoms with E-state index < -0.39 is 0 Å². The van der Waals surface area contributed by atoms with Crippen molar-refractivity contribution in [3.8, 4) is 5.69 Å². The number of nitrogens with zero attached hydrogens (tertiary/aromatic N) is 2. The van der Waals surface area contributed by atoms with Crippen LogP contribution in [0.3, 0.4) is 0 Å². The van der Waals surface area contributed by atoms with E-state index in [1.54, 1.807) is 12.3 Å². The number of halogens is 1. The molecular weight excluding hydrogens is 353 g/mol. The number of hydrogen-bond donors (Lipinski definition) is 1. The lowest BCUT2D eigenvalue weighted by molar-refractivity contribution is 0.601. The maximum atomic E-state index is 14.7. The van der Waals surface area contributed by atoms with E-state index in [-0.39, 0.29) is 5.82 Å². The Morgan fingerprint density at radius 2 is 1.96 bits per heavy atom. The van der Waals surface area contributed by atoms with Gasteiger partial charge < -0.3 is 14.3 Å². The molecule has 5 heteroatoms. The summed E-state index contributed by atoms with van der Waals surface area (Å²) in [5.41, 5.74) is 4.56. The van der Waals surface area contributed by atoms with E-state index in [0.717, 1.165) is 46.7 Å². The molecule has 0 bridgehead atoms. The van der Waals surface area contributed by atoms with Gasteiger partial charge in [0.1, 0.15) is 17.2 Å². The summed E-state index contributed by atoms with van der Waals surface area (Å²) in [6.07, 6.45) is 7.00. The first-order valence-electron chi connectivity index (χ1n) is 9.49. The summed E-state index contributed by atoms with van der Waals surface area (Å²) in [4.78, 5) is 4.47. The highest BCUT2D eigenvalue weighted by Crippen LogP contribution is 2.27. The Kier molecular flexibility index (Phi) is 4.20. The zero-order valence-corrected chi connectivity index (χ0v) is 15.4. The second-order valence-electron chi connectivity index (χ2n) is 6.96. The number of aryl methyl sites for hydroxylation is 1. The zero-order valence-electron chi connectivity index (χ0n) is 15.4. The highest BCUT2D eigenvalue weighted by Gasteiger charge is 2.17. The molecule has 0 aliphatic carbocycles. The minimum Gasteiger partial charge on any atom is -0.464 e. The van der Waals surface area contributed by atoms with Gasteiger partial charge >= 0.3 is 0 Å². The fourth-order valence-corrected chi connectivity index (χ4v) is 3.85. The standard InChI is InChI=1S/C23H20FN3O/c24-21-5-3-4-20(23-25-9-10-26-23)19(21)7-6-16-14-18(27-11-1-2-12-27)15-17-8-13-28-22(16)17/h1-5,8,11-15H,6-7,9-10H2,(H,25,26). The van der Waals surface area contributed by atoms with Crippen LogP contribution in [0.4, 0.5) is 4.39 Å². The lowest BCUT2D eigenvalue weighted by Gasteiger charge is -2.12. The van der Waals surface area contributed by atoms with Gasteiger partial charge in [0.2, 0.25) is 0 Å². The van der Waals surface area contributed by atoms with Crippen LogP contribution in [0.2, 0.25) is 0 Å². The molecule has 1 aliphatic heterocycles. The largest absolute Gasteiger partial charge is 0.464 e. The summed E-state index contributed by atoms with van der Waals surface area (Å²) in [7, 11) is 0. The molecule has 0 amide bonds. The molecule has 0 atom stereocenters. The molecule has 4 aromatic rings. The van der Waals surface area contributed by atoms with Crippen molar-refractivity contribution in [2.24, 2.45) is 4.99 Å².